The molecule has 3 heterocycles. The quantitative estimate of drug-likeness (QED) is 0.854. The molecule has 1 saturated heterocycles. The van der Waals surface area contributed by atoms with Crippen molar-refractivity contribution in [3.8, 4) is 12.0 Å². The zero-order chi connectivity index (χ0) is 13.8. The molecule has 3 rings (SSSR count). The Morgan fingerprint density at radius 3 is 3.05 bits per heavy atom. The van der Waals surface area contributed by atoms with Crippen LogP contribution in [0.4, 0.5) is 0 Å². The van der Waals surface area contributed by atoms with Crippen LogP contribution in [0.5, 0.6) is 6.01 Å². The molecule has 2 aromatic rings. The molecule has 0 N–H and O–H groups in total. The Labute approximate surface area is 121 Å². The van der Waals surface area contributed by atoms with E-state index in [9.17, 15) is 0 Å². The van der Waals surface area contributed by atoms with Crippen molar-refractivity contribution in [1.29, 1.82) is 0 Å². The lowest BCUT2D eigenvalue weighted by molar-refractivity contribution is -0.0129. The Hall–Kier alpha value is -1.73. The molecule has 0 amide bonds. The lowest BCUT2D eigenvalue weighted by atomic mass is 10.1. The third-order valence-electron chi connectivity index (χ3n) is 2.98. The summed E-state index contributed by atoms with van der Waals surface area (Å²) >= 11 is 5.88. The molecular weight excluding hydrogens is 282 g/mol. The van der Waals surface area contributed by atoms with E-state index in [2.05, 4.69) is 19.9 Å². The zero-order valence-corrected chi connectivity index (χ0v) is 11.5. The van der Waals surface area contributed by atoms with Crippen LogP contribution in [-0.2, 0) is 4.74 Å². The van der Waals surface area contributed by atoms with Crippen LogP contribution in [0.15, 0.2) is 18.7 Å². The van der Waals surface area contributed by atoms with Gasteiger partial charge in [-0.05, 0) is 30.9 Å². The minimum atomic E-state index is 0.0864. The van der Waals surface area contributed by atoms with Crippen LogP contribution in [0.3, 0.4) is 0 Å². The molecule has 1 atom stereocenters. The van der Waals surface area contributed by atoms with Gasteiger partial charge in [-0.3, -0.25) is 4.57 Å². The molecule has 106 valence electrons. The van der Waals surface area contributed by atoms with E-state index in [1.165, 1.54) is 0 Å². The average molecular weight is 296 g/mol. The van der Waals surface area contributed by atoms with Gasteiger partial charge < -0.3 is 9.47 Å². The molecule has 7 nitrogen and oxygen atoms in total. The monoisotopic (exact) mass is 295 g/mol. The number of imidazole rings is 1. The second kappa shape index (κ2) is 6.15. The van der Waals surface area contributed by atoms with Gasteiger partial charge in [0.1, 0.15) is 12.9 Å². The van der Waals surface area contributed by atoms with E-state index in [0.29, 0.717) is 12.6 Å². The minimum Gasteiger partial charge on any atom is -0.461 e. The Balaban J connectivity index is 1.69. The summed E-state index contributed by atoms with van der Waals surface area (Å²) in [6, 6.07) is 0.197. The van der Waals surface area contributed by atoms with Crippen LogP contribution in [-0.4, -0.2) is 43.8 Å². The van der Waals surface area contributed by atoms with E-state index in [4.69, 9.17) is 21.1 Å². The summed E-state index contributed by atoms with van der Waals surface area (Å²) < 4.78 is 12.8. The molecule has 1 aliphatic heterocycles. The number of rotatable bonds is 4. The van der Waals surface area contributed by atoms with Crippen LogP contribution in [0.2, 0.25) is 5.28 Å². The first-order chi connectivity index (χ1) is 9.81. The van der Waals surface area contributed by atoms with Crippen molar-refractivity contribution in [2.45, 2.75) is 25.4 Å². The van der Waals surface area contributed by atoms with E-state index < -0.39 is 0 Å². The third kappa shape index (κ3) is 3.23. The Morgan fingerprint density at radius 2 is 2.30 bits per heavy atom. The van der Waals surface area contributed by atoms with Crippen LogP contribution in [0, 0.1) is 0 Å². The number of ether oxygens (including phenoxy) is 2. The van der Waals surface area contributed by atoms with E-state index in [-0.39, 0.29) is 17.4 Å². The molecule has 1 fully saturated rings. The predicted molar refractivity (Wildman–Crippen MR) is 71.0 cm³/mol. The molecular formula is C12H14ClN5O2. The van der Waals surface area contributed by atoms with Gasteiger partial charge in [0, 0.05) is 19.0 Å². The van der Waals surface area contributed by atoms with Crippen molar-refractivity contribution in [3.63, 3.8) is 0 Å². The number of hydrogen-bond donors (Lipinski definition) is 0. The summed E-state index contributed by atoms with van der Waals surface area (Å²) in [5.41, 5.74) is 0. The van der Waals surface area contributed by atoms with E-state index in [1.807, 2.05) is 0 Å². The molecule has 0 aromatic carbocycles. The summed E-state index contributed by atoms with van der Waals surface area (Å²) in [4.78, 5) is 16.1. The maximum atomic E-state index is 5.88. The van der Waals surface area contributed by atoms with Crippen molar-refractivity contribution in [2.75, 3.05) is 13.2 Å². The third-order valence-corrected chi connectivity index (χ3v) is 3.15. The largest absolute Gasteiger partial charge is 0.461 e. The highest BCUT2D eigenvalue weighted by molar-refractivity contribution is 6.28. The zero-order valence-electron chi connectivity index (χ0n) is 10.8. The van der Waals surface area contributed by atoms with Crippen LogP contribution >= 0.6 is 11.6 Å². The van der Waals surface area contributed by atoms with Gasteiger partial charge in [0.15, 0.2) is 0 Å². The van der Waals surface area contributed by atoms with Gasteiger partial charge in [0.2, 0.25) is 11.2 Å². The molecule has 0 saturated carbocycles. The number of aromatic nitrogens is 5. The van der Waals surface area contributed by atoms with E-state index in [1.54, 1.807) is 23.3 Å². The van der Waals surface area contributed by atoms with E-state index >= 15 is 0 Å². The van der Waals surface area contributed by atoms with Gasteiger partial charge in [-0.2, -0.15) is 15.0 Å². The van der Waals surface area contributed by atoms with Crippen molar-refractivity contribution in [2.24, 2.45) is 0 Å². The van der Waals surface area contributed by atoms with Crippen molar-refractivity contribution in [3.05, 3.63) is 24.0 Å². The second-order valence-electron chi connectivity index (χ2n) is 4.46. The van der Waals surface area contributed by atoms with Gasteiger partial charge in [0.25, 0.3) is 0 Å². The predicted octanol–water partition coefficient (Wildman–Crippen LogP) is 1.66. The molecule has 0 spiro atoms. The highest BCUT2D eigenvalue weighted by atomic mass is 35.5. The summed E-state index contributed by atoms with van der Waals surface area (Å²) in [6.07, 6.45) is 8.29. The van der Waals surface area contributed by atoms with Crippen LogP contribution < -0.4 is 4.74 Å². The first-order valence-electron chi connectivity index (χ1n) is 6.45. The Bertz CT molecular complexity index is 557. The summed E-state index contributed by atoms with van der Waals surface area (Å²) in [5, 5.41) is 0.0864. The van der Waals surface area contributed by atoms with Gasteiger partial charge in [-0.25, -0.2) is 4.98 Å². The van der Waals surface area contributed by atoms with Crippen molar-refractivity contribution in [1.82, 2.24) is 24.5 Å². The number of hydrogen-bond acceptors (Lipinski definition) is 6. The highest BCUT2D eigenvalue weighted by Crippen LogP contribution is 2.15. The number of halogens is 1. The van der Waals surface area contributed by atoms with Crippen molar-refractivity contribution >= 4 is 11.6 Å². The Kier molecular flexibility index (Phi) is 4.08. The Morgan fingerprint density at radius 1 is 1.35 bits per heavy atom. The lowest BCUT2D eigenvalue weighted by Crippen LogP contribution is -2.26. The molecule has 20 heavy (non-hydrogen) atoms. The fourth-order valence-corrected chi connectivity index (χ4v) is 2.13. The second-order valence-corrected chi connectivity index (χ2v) is 4.79. The highest BCUT2D eigenvalue weighted by Gasteiger charge is 2.16. The van der Waals surface area contributed by atoms with Crippen LogP contribution in [0.25, 0.3) is 5.95 Å². The standard InChI is InChI=1S/C12H14ClN5O2/c13-10-15-11(18-5-4-14-8-18)17-12(16-10)20-7-9-3-1-2-6-19-9/h4-5,8-9H,1-3,6-7H2. The maximum Gasteiger partial charge on any atom is 0.322 e. The summed E-state index contributed by atoms with van der Waals surface area (Å²) in [7, 11) is 0. The van der Waals surface area contributed by atoms with Gasteiger partial charge >= 0.3 is 6.01 Å². The van der Waals surface area contributed by atoms with Gasteiger partial charge in [-0.15, -0.1) is 0 Å². The van der Waals surface area contributed by atoms with E-state index in [0.717, 1.165) is 25.9 Å². The molecule has 1 aliphatic rings. The molecule has 0 bridgehead atoms. The average Bonchev–Trinajstić information content (AvgIpc) is 3.00. The van der Waals surface area contributed by atoms with Gasteiger partial charge in [-0.1, -0.05) is 0 Å². The number of nitrogens with zero attached hydrogens (tertiary/aromatic N) is 5. The fraction of sp³-hybridized carbons (Fsp3) is 0.500. The molecule has 0 radical (unpaired) electrons. The minimum absolute atomic E-state index is 0.0864. The first-order valence-corrected chi connectivity index (χ1v) is 6.83. The fourth-order valence-electron chi connectivity index (χ4n) is 1.99. The normalized spacial score (nSPS) is 18.9. The molecule has 2 aromatic heterocycles. The molecule has 8 heteroatoms. The smallest absolute Gasteiger partial charge is 0.322 e. The van der Waals surface area contributed by atoms with Crippen molar-refractivity contribution < 1.29 is 9.47 Å². The summed E-state index contributed by atoms with van der Waals surface area (Å²) in [5.74, 6) is 0.377. The molecule has 0 aliphatic carbocycles. The first kappa shape index (κ1) is 13.3. The maximum absolute atomic E-state index is 5.88. The SMILES string of the molecule is Clc1nc(OCC2CCCCO2)nc(-n2ccnc2)n1. The summed E-state index contributed by atoms with van der Waals surface area (Å²) in [6.45, 7) is 1.20. The van der Waals surface area contributed by atoms with Crippen LogP contribution in [0.1, 0.15) is 19.3 Å². The lowest BCUT2D eigenvalue weighted by Gasteiger charge is -2.22. The van der Waals surface area contributed by atoms with Gasteiger partial charge in [0.05, 0.1) is 6.10 Å². The molecule has 1 unspecified atom stereocenters. The topological polar surface area (TPSA) is 75.0 Å².